The van der Waals surface area contributed by atoms with Crippen LogP contribution in [0.2, 0.25) is 0 Å². The van der Waals surface area contributed by atoms with Crippen molar-refractivity contribution >= 4 is 11.9 Å². The van der Waals surface area contributed by atoms with Crippen molar-refractivity contribution < 1.29 is 19.4 Å². The van der Waals surface area contributed by atoms with E-state index in [9.17, 15) is 14.7 Å². The molecule has 2 aliphatic rings. The number of amides is 3. The molecular formula is C17H23N3O4. The molecule has 2 N–H and O–H groups in total. The highest BCUT2D eigenvalue weighted by Crippen LogP contribution is 2.33. The molecule has 0 bridgehead atoms. The summed E-state index contributed by atoms with van der Waals surface area (Å²) in [5.74, 6) is -0.470. The lowest BCUT2D eigenvalue weighted by atomic mass is 10.0. The molecule has 0 aliphatic carbocycles. The van der Waals surface area contributed by atoms with Crippen LogP contribution in [0.3, 0.4) is 0 Å². The number of carbonyl (C=O) groups excluding carboxylic acids is 2. The average molecular weight is 333 g/mol. The van der Waals surface area contributed by atoms with E-state index < -0.39 is 6.10 Å². The Hall–Kier alpha value is -2.12. The topological polar surface area (TPSA) is 82.1 Å². The lowest BCUT2D eigenvalue weighted by molar-refractivity contribution is -0.136. The maximum Gasteiger partial charge on any atom is 0.317 e. The van der Waals surface area contributed by atoms with Crippen LogP contribution in [0.1, 0.15) is 5.56 Å². The number of fused-ring (bicyclic) bond motifs is 1. The molecule has 2 heterocycles. The van der Waals surface area contributed by atoms with Crippen LogP contribution in [-0.4, -0.2) is 72.3 Å². The Labute approximate surface area is 141 Å². The lowest BCUT2D eigenvalue weighted by Crippen LogP contribution is -2.44. The second kappa shape index (κ2) is 7.19. The van der Waals surface area contributed by atoms with Gasteiger partial charge in [0.1, 0.15) is 6.10 Å². The van der Waals surface area contributed by atoms with E-state index >= 15 is 0 Å². The van der Waals surface area contributed by atoms with Gasteiger partial charge in [0.15, 0.2) is 0 Å². The molecule has 2 fully saturated rings. The van der Waals surface area contributed by atoms with Crippen LogP contribution in [0.15, 0.2) is 30.3 Å². The van der Waals surface area contributed by atoms with Crippen molar-refractivity contribution in [3.8, 4) is 0 Å². The van der Waals surface area contributed by atoms with E-state index in [1.54, 1.807) is 16.9 Å². The number of urea groups is 1. The molecule has 3 amide bonds. The van der Waals surface area contributed by atoms with Crippen LogP contribution >= 0.6 is 0 Å². The number of aliphatic hydroxyl groups excluding tert-OH is 1. The van der Waals surface area contributed by atoms with E-state index in [4.69, 9.17) is 4.74 Å². The van der Waals surface area contributed by atoms with E-state index in [1.807, 2.05) is 30.3 Å². The highest BCUT2D eigenvalue weighted by atomic mass is 16.5. The van der Waals surface area contributed by atoms with Crippen molar-refractivity contribution in [2.75, 3.05) is 33.4 Å². The summed E-state index contributed by atoms with van der Waals surface area (Å²) in [6.07, 6.45) is -1.03. The molecule has 2 saturated heterocycles. The van der Waals surface area contributed by atoms with Gasteiger partial charge in [-0.05, 0) is 5.56 Å². The number of carbonyl (C=O) groups is 2. The Morgan fingerprint density at radius 2 is 2.08 bits per heavy atom. The minimum Gasteiger partial charge on any atom is -0.383 e. The van der Waals surface area contributed by atoms with Crippen LogP contribution in [0.5, 0.6) is 0 Å². The Bertz CT molecular complexity index is 595. The summed E-state index contributed by atoms with van der Waals surface area (Å²) in [5, 5.41) is 13.0. The zero-order valence-electron chi connectivity index (χ0n) is 13.7. The minimum atomic E-state index is -1.03. The SMILES string of the molecule is COCCNC(=O)N1C[C@@H]2[C@H](O)C(=O)N(Cc3ccccc3)[C@@H]2C1. The first-order valence-electron chi connectivity index (χ1n) is 8.16. The predicted octanol–water partition coefficient (Wildman–Crippen LogP) is 0.0461. The highest BCUT2D eigenvalue weighted by molar-refractivity contribution is 5.85. The minimum absolute atomic E-state index is 0.138. The summed E-state index contributed by atoms with van der Waals surface area (Å²) >= 11 is 0. The van der Waals surface area contributed by atoms with Gasteiger partial charge < -0.3 is 25.0 Å². The number of rotatable bonds is 5. The first-order chi connectivity index (χ1) is 11.6. The molecule has 7 nitrogen and oxygen atoms in total. The number of benzene rings is 1. The number of ether oxygens (including phenoxy) is 1. The molecule has 7 heteroatoms. The van der Waals surface area contributed by atoms with Crippen LogP contribution in [0.4, 0.5) is 4.79 Å². The fourth-order valence-corrected chi connectivity index (χ4v) is 3.48. The van der Waals surface area contributed by atoms with Crippen molar-refractivity contribution in [3.63, 3.8) is 0 Å². The van der Waals surface area contributed by atoms with Crippen LogP contribution in [0, 0.1) is 5.92 Å². The van der Waals surface area contributed by atoms with Crippen LogP contribution in [-0.2, 0) is 16.1 Å². The highest BCUT2D eigenvalue weighted by Gasteiger charge is 2.52. The van der Waals surface area contributed by atoms with Gasteiger partial charge in [-0.15, -0.1) is 0 Å². The van der Waals surface area contributed by atoms with E-state index in [0.29, 0.717) is 32.8 Å². The maximum absolute atomic E-state index is 12.4. The largest absolute Gasteiger partial charge is 0.383 e. The van der Waals surface area contributed by atoms with Gasteiger partial charge in [-0.3, -0.25) is 4.79 Å². The maximum atomic E-state index is 12.4. The standard InChI is InChI=1S/C17H23N3O4/c1-24-8-7-18-17(23)19-10-13-14(11-19)20(16(22)15(13)21)9-12-5-3-2-4-6-12/h2-6,13-15,21H,7-11H2,1H3,(H,18,23)/t13-,14+,15-/m0/s1. The zero-order valence-corrected chi connectivity index (χ0v) is 13.7. The number of hydrogen-bond donors (Lipinski definition) is 2. The molecule has 1 aromatic rings. The summed E-state index contributed by atoms with van der Waals surface area (Å²) in [6.45, 7) is 2.18. The third-order valence-corrected chi connectivity index (χ3v) is 4.74. The molecule has 0 radical (unpaired) electrons. The molecule has 0 unspecified atom stereocenters. The van der Waals surface area contributed by atoms with Gasteiger partial charge in [-0.2, -0.15) is 0 Å². The van der Waals surface area contributed by atoms with Crippen LogP contribution in [0.25, 0.3) is 0 Å². The number of aliphatic hydroxyl groups is 1. The molecular weight excluding hydrogens is 310 g/mol. The van der Waals surface area contributed by atoms with E-state index in [-0.39, 0.29) is 23.9 Å². The van der Waals surface area contributed by atoms with Crippen molar-refractivity contribution in [3.05, 3.63) is 35.9 Å². The molecule has 0 saturated carbocycles. The van der Waals surface area contributed by atoms with Gasteiger partial charge in [-0.25, -0.2) is 4.79 Å². The van der Waals surface area contributed by atoms with Crippen molar-refractivity contribution in [2.45, 2.75) is 18.7 Å². The van der Waals surface area contributed by atoms with Gasteiger partial charge in [-0.1, -0.05) is 30.3 Å². The molecule has 130 valence electrons. The molecule has 3 rings (SSSR count). The Kier molecular flexibility index (Phi) is 5.01. The van der Waals surface area contributed by atoms with Gasteiger partial charge in [0.25, 0.3) is 5.91 Å². The third-order valence-electron chi connectivity index (χ3n) is 4.74. The summed E-state index contributed by atoms with van der Waals surface area (Å²) in [5.41, 5.74) is 1.02. The number of methoxy groups -OCH3 is 1. The summed E-state index contributed by atoms with van der Waals surface area (Å²) in [4.78, 5) is 27.9. The van der Waals surface area contributed by atoms with Gasteiger partial charge in [0.2, 0.25) is 0 Å². The van der Waals surface area contributed by atoms with Crippen molar-refractivity contribution in [1.29, 1.82) is 0 Å². The molecule has 3 atom stereocenters. The zero-order chi connectivity index (χ0) is 17.1. The molecule has 0 aromatic heterocycles. The Morgan fingerprint density at radius 1 is 1.33 bits per heavy atom. The number of likely N-dealkylation sites (tertiary alicyclic amines) is 2. The number of hydrogen-bond acceptors (Lipinski definition) is 4. The normalized spacial score (nSPS) is 25.9. The summed E-state index contributed by atoms with van der Waals surface area (Å²) in [6, 6.07) is 9.37. The second-order valence-electron chi connectivity index (χ2n) is 6.26. The first-order valence-corrected chi connectivity index (χ1v) is 8.16. The van der Waals surface area contributed by atoms with Gasteiger partial charge in [0, 0.05) is 39.2 Å². The molecule has 0 spiro atoms. The quantitative estimate of drug-likeness (QED) is 0.746. The molecule has 24 heavy (non-hydrogen) atoms. The smallest absolute Gasteiger partial charge is 0.317 e. The Morgan fingerprint density at radius 3 is 2.79 bits per heavy atom. The first kappa shape index (κ1) is 16.7. The average Bonchev–Trinajstić information content (AvgIpc) is 3.12. The van der Waals surface area contributed by atoms with Gasteiger partial charge >= 0.3 is 6.03 Å². The van der Waals surface area contributed by atoms with Crippen molar-refractivity contribution in [2.24, 2.45) is 5.92 Å². The van der Waals surface area contributed by atoms with Crippen LogP contribution < -0.4 is 5.32 Å². The molecule has 2 aliphatic heterocycles. The second-order valence-corrected chi connectivity index (χ2v) is 6.26. The Balaban J connectivity index is 1.65. The summed E-state index contributed by atoms with van der Waals surface area (Å²) in [7, 11) is 1.58. The monoisotopic (exact) mass is 333 g/mol. The van der Waals surface area contributed by atoms with E-state index in [2.05, 4.69) is 5.32 Å². The fourth-order valence-electron chi connectivity index (χ4n) is 3.48. The summed E-state index contributed by atoms with van der Waals surface area (Å²) < 4.78 is 4.92. The van der Waals surface area contributed by atoms with E-state index in [1.165, 1.54) is 0 Å². The number of nitrogens with zero attached hydrogens (tertiary/aromatic N) is 2. The van der Waals surface area contributed by atoms with Crippen molar-refractivity contribution in [1.82, 2.24) is 15.1 Å². The third kappa shape index (κ3) is 3.22. The number of nitrogens with one attached hydrogen (secondary N) is 1. The fraction of sp³-hybridized carbons (Fsp3) is 0.529. The van der Waals surface area contributed by atoms with E-state index in [0.717, 1.165) is 5.56 Å². The van der Waals surface area contributed by atoms with Gasteiger partial charge in [0.05, 0.1) is 12.6 Å². The molecule has 1 aromatic carbocycles. The predicted molar refractivity (Wildman–Crippen MR) is 87.1 cm³/mol. The lowest BCUT2D eigenvalue weighted by Gasteiger charge is -2.25.